The number of methoxy groups -OCH3 is 1. The zero-order valence-corrected chi connectivity index (χ0v) is 9.34. The molecule has 0 heterocycles. The van der Waals surface area contributed by atoms with Gasteiger partial charge in [0.2, 0.25) is 0 Å². The van der Waals surface area contributed by atoms with E-state index in [9.17, 15) is 4.79 Å². The van der Waals surface area contributed by atoms with Crippen LogP contribution >= 0.6 is 0 Å². The number of ether oxygens (including phenoxy) is 2. The maximum Gasteiger partial charge on any atom is 0.306 e. The summed E-state index contributed by atoms with van der Waals surface area (Å²) in [6.45, 7) is 6.36. The van der Waals surface area contributed by atoms with Crippen molar-refractivity contribution in [2.24, 2.45) is 0 Å². The summed E-state index contributed by atoms with van der Waals surface area (Å²) in [5.74, 6) is -0.170. The number of rotatable bonds is 8. The zero-order valence-electron chi connectivity index (χ0n) is 9.34. The molecule has 84 valence electrons. The van der Waals surface area contributed by atoms with Gasteiger partial charge in [-0.25, -0.2) is 0 Å². The number of hydrogen-bond donors (Lipinski definition) is 1. The Bertz CT molecular complexity index is 148. The molecule has 4 nitrogen and oxygen atoms in total. The Hall–Kier alpha value is -0.610. The highest BCUT2D eigenvalue weighted by molar-refractivity contribution is 5.69. The van der Waals surface area contributed by atoms with Crippen molar-refractivity contribution in [3.05, 3.63) is 0 Å². The van der Waals surface area contributed by atoms with Crippen LogP contribution in [0, 0.1) is 0 Å². The lowest BCUT2D eigenvalue weighted by atomic mass is 10.4. The van der Waals surface area contributed by atoms with Crippen LogP contribution in [0.25, 0.3) is 0 Å². The lowest BCUT2D eigenvalue weighted by Crippen LogP contribution is -2.21. The summed E-state index contributed by atoms with van der Waals surface area (Å²) in [5, 5.41) is 3.14. The van der Waals surface area contributed by atoms with Gasteiger partial charge < -0.3 is 14.8 Å². The van der Waals surface area contributed by atoms with E-state index < -0.39 is 0 Å². The summed E-state index contributed by atoms with van der Waals surface area (Å²) in [5.41, 5.74) is 0. The van der Waals surface area contributed by atoms with E-state index >= 15 is 0 Å². The Morgan fingerprint density at radius 1 is 1.36 bits per heavy atom. The molecule has 0 fully saturated rings. The first-order chi connectivity index (χ1) is 6.66. The van der Waals surface area contributed by atoms with Crippen LogP contribution in [0.4, 0.5) is 0 Å². The number of carbonyl (C=O) groups is 1. The molecule has 0 spiro atoms. The van der Waals surface area contributed by atoms with Gasteiger partial charge in [-0.15, -0.1) is 0 Å². The Kier molecular flexibility index (Phi) is 8.57. The molecule has 0 atom stereocenters. The van der Waals surface area contributed by atoms with E-state index in [0.717, 1.165) is 19.6 Å². The van der Waals surface area contributed by atoms with E-state index in [1.165, 1.54) is 7.11 Å². The van der Waals surface area contributed by atoms with Crippen LogP contribution in [0.3, 0.4) is 0 Å². The molecule has 0 amide bonds. The minimum absolute atomic E-state index is 0.170. The van der Waals surface area contributed by atoms with Gasteiger partial charge in [0.25, 0.3) is 0 Å². The van der Waals surface area contributed by atoms with Crippen LogP contribution in [0.1, 0.15) is 26.7 Å². The zero-order chi connectivity index (χ0) is 10.8. The van der Waals surface area contributed by atoms with Gasteiger partial charge in [-0.2, -0.15) is 0 Å². The van der Waals surface area contributed by atoms with Crippen molar-refractivity contribution in [3.63, 3.8) is 0 Å². The Balaban J connectivity index is 3.03. The molecule has 0 saturated carbocycles. The van der Waals surface area contributed by atoms with Crippen molar-refractivity contribution in [2.45, 2.75) is 32.8 Å². The van der Waals surface area contributed by atoms with Crippen LogP contribution in [-0.2, 0) is 14.3 Å². The fraction of sp³-hybridized carbons (Fsp3) is 0.900. The predicted molar refractivity (Wildman–Crippen MR) is 55.2 cm³/mol. The molecule has 0 aromatic rings. The van der Waals surface area contributed by atoms with E-state index in [-0.39, 0.29) is 5.97 Å². The van der Waals surface area contributed by atoms with Crippen molar-refractivity contribution in [2.75, 3.05) is 26.8 Å². The van der Waals surface area contributed by atoms with Crippen LogP contribution < -0.4 is 5.32 Å². The van der Waals surface area contributed by atoms with Crippen LogP contribution in [-0.4, -0.2) is 38.9 Å². The van der Waals surface area contributed by atoms with Crippen molar-refractivity contribution in [1.29, 1.82) is 0 Å². The van der Waals surface area contributed by atoms with Gasteiger partial charge in [-0.05, 0) is 26.8 Å². The van der Waals surface area contributed by atoms with Crippen molar-refractivity contribution < 1.29 is 14.3 Å². The third-order valence-corrected chi connectivity index (χ3v) is 1.68. The molecule has 0 aliphatic rings. The second-order valence-corrected chi connectivity index (χ2v) is 3.35. The molecule has 0 rings (SSSR count). The minimum atomic E-state index is -0.170. The SMILES string of the molecule is COC(=O)CCNCCCOC(C)C. The van der Waals surface area contributed by atoms with Gasteiger partial charge in [0.05, 0.1) is 19.6 Å². The molecule has 0 bridgehead atoms. The van der Waals surface area contributed by atoms with Gasteiger partial charge in [0.15, 0.2) is 0 Å². The maximum absolute atomic E-state index is 10.7. The maximum atomic E-state index is 10.7. The minimum Gasteiger partial charge on any atom is -0.469 e. The normalized spacial score (nSPS) is 10.6. The molecule has 0 aromatic carbocycles. The highest BCUT2D eigenvalue weighted by Gasteiger charge is 1.98. The van der Waals surface area contributed by atoms with Gasteiger partial charge in [0.1, 0.15) is 0 Å². The standard InChI is InChI=1S/C10H21NO3/c1-9(2)14-8-4-6-11-7-5-10(12)13-3/h9,11H,4-8H2,1-3H3. The van der Waals surface area contributed by atoms with E-state index in [4.69, 9.17) is 4.74 Å². The number of nitrogens with one attached hydrogen (secondary N) is 1. The van der Waals surface area contributed by atoms with E-state index in [1.54, 1.807) is 0 Å². The fourth-order valence-corrected chi connectivity index (χ4v) is 0.934. The van der Waals surface area contributed by atoms with Crippen molar-refractivity contribution in [3.8, 4) is 0 Å². The summed E-state index contributed by atoms with van der Waals surface area (Å²) < 4.78 is 9.86. The first-order valence-electron chi connectivity index (χ1n) is 5.06. The molecule has 0 aromatic heterocycles. The Morgan fingerprint density at radius 2 is 2.07 bits per heavy atom. The lowest BCUT2D eigenvalue weighted by Gasteiger charge is -2.07. The quantitative estimate of drug-likeness (QED) is 0.471. The van der Waals surface area contributed by atoms with Gasteiger partial charge in [-0.3, -0.25) is 4.79 Å². The highest BCUT2D eigenvalue weighted by Crippen LogP contribution is 1.89. The summed E-state index contributed by atoms with van der Waals surface area (Å²) in [7, 11) is 1.40. The topological polar surface area (TPSA) is 47.6 Å². The van der Waals surface area contributed by atoms with Crippen LogP contribution in [0.5, 0.6) is 0 Å². The summed E-state index contributed by atoms with van der Waals surface area (Å²) in [6, 6.07) is 0. The second-order valence-electron chi connectivity index (χ2n) is 3.35. The van der Waals surface area contributed by atoms with Crippen molar-refractivity contribution in [1.82, 2.24) is 5.32 Å². The third kappa shape index (κ3) is 9.48. The predicted octanol–water partition coefficient (Wildman–Crippen LogP) is 0.954. The summed E-state index contributed by atoms with van der Waals surface area (Å²) in [6.07, 6.45) is 1.70. The Labute approximate surface area is 86.0 Å². The fourth-order valence-electron chi connectivity index (χ4n) is 0.934. The molecule has 0 radical (unpaired) electrons. The largest absolute Gasteiger partial charge is 0.469 e. The third-order valence-electron chi connectivity index (χ3n) is 1.68. The summed E-state index contributed by atoms with van der Waals surface area (Å²) in [4.78, 5) is 10.7. The number of esters is 1. The molecule has 14 heavy (non-hydrogen) atoms. The Morgan fingerprint density at radius 3 is 2.64 bits per heavy atom. The highest BCUT2D eigenvalue weighted by atomic mass is 16.5. The van der Waals surface area contributed by atoms with Crippen molar-refractivity contribution >= 4 is 5.97 Å². The van der Waals surface area contributed by atoms with Crippen LogP contribution in [0.15, 0.2) is 0 Å². The first-order valence-corrected chi connectivity index (χ1v) is 5.06. The van der Waals surface area contributed by atoms with E-state index in [1.807, 2.05) is 13.8 Å². The first kappa shape index (κ1) is 13.4. The van der Waals surface area contributed by atoms with Gasteiger partial charge >= 0.3 is 5.97 Å². The molecule has 0 aliphatic heterocycles. The molecular formula is C10H21NO3. The molecule has 1 N–H and O–H groups in total. The molecular weight excluding hydrogens is 182 g/mol. The van der Waals surface area contributed by atoms with E-state index in [0.29, 0.717) is 19.1 Å². The second kappa shape index (κ2) is 8.97. The average Bonchev–Trinajstić information content (AvgIpc) is 2.15. The number of carbonyl (C=O) groups excluding carboxylic acids is 1. The molecule has 0 saturated heterocycles. The smallest absolute Gasteiger partial charge is 0.306 e. The van der Waals surface area contributed by atoms with E-state index in [2.05, 4.69) is 10.1 Å². The monoisotopic (exact) mass is 203 g/mol. The number of hydrogen-bond acceptors (Lipinski definition) is 4. The lowest BCUT2D eigenvalue weighted by molar-refractivity contribution is -0.140. The molecule has 0 unspecified atom stereocenters. The summed E-state index contributed by atoms with van der Waals surface area (Å²) >= 11 is 0. The van der Waals surface area contributed by atoms with Crippen LogP contribution in [0.2, 0.25) is 0 Å². The van der Waals surface area contributed by atoms with Gasteiger partial charge in [-0.1, -0.05) is 0 Å². The van der Waals surface area contributed by atoms with Gasteiger partial charge in [0, 0.05) is 13.2 Å². The molecule has 0 aliphatic carbocycles. The molecule has 4 heteroatoms. The average molecular weight is 203 g/mol.